The van der Waals surface area contributed by atoms with Crippen LogP contribution in [0, 0.1) is 6.92 Å². The standard InChI is InChI=1S/C26H25N5OS/c1-17-19-16-22(33-25(19)31(29-17)18-10-6-5-7-11-18)24(32)28-27-15-14-23-26(2,3)20-12-8-9-13-21(20)30(23)4/h5-16H,1-4H3,(H,28,32). The van der Waals surface area contributed by atoms with Gasteiger partial charge in [-0.15, -0.1) is 11.3 Å². The van der Waals surface area contributed by atoms with E-state index in [-0.39, 0.29) is 11.3 Å². The fourth-order valence-corrected chi connectivity index (χ4v) is 5.54. The van der Waals surface area contributed by atoms with Crippen LogP contribution in [0.3, 0.4) is 0 Å². The summed E-state index contributed by atoms with van der Waals surface area (Å²) in [6.07, 6.45) is 3.62. The van der Waals surface area contributed by atoms with Crippen LogP contribution in [-0.4, -0.2) is 28.9 Å². The van der Waals surface area contributed by atoms with Crippen LogP contribution in [-0.2, 0) is 5.41 Å². The van der Waals surface area contributed by atoms with Crippen LogP contribution in [0.2, 0.25) is 0 Å². The third-order valence-electron chi connectivity index (χ3n) is 6.18. The Hall–Kier alpha value is -3.71. The number of hydrazone groups is 1. The van der Waals surface area contributed by atoms with Gasteiger partial charge in [0.2, 0.25) is 0 Å². The Bertz CT molecular complexity index is 1410. The summed E-state index contributed by atoms with van der Waals surface area (Å²) in [4.78, 5) is 16.5. The van der Waals surface area contributed by atoms with Gasteiger partial charge in [0, 0.05) is 35.4 Å². The summed E-state index contributed by atoms with van der Waals surface area (Å²) in [5, 5.41) is 9.80. The second kappa shape index (κ2) is 8.01. The summed E-state index contributed by atoms with van der Waals surface area (Å²) in [6.45, 7) is 6.35. The van der Waals surface area contributed by atoms with Crippen LogP contribution in [0.5, 0.6) is 0 Å². The van der Waals surface area contributed by atoms with Crippen LogP contribution in [0.15, 0.2) is 77.5 Å². The van der Waals surface area contributed by atoms with Gasteiger partial charge in [-0.1, -0.05) is 50.2 Å². The van der Waals surface area contributed by atoms with Crippen molar-refractivity contribution in [3.63, 3.8) is 0 Å². The molecule has 0 aliphatic carbocycles. The highest BCUT2D eigenvalue weighted by Crippen LogP contribution is 2.46. The number of aryl methyl sites for hydroxylation is 1. The monoisotopic (exact) mass is 455 g/mol. The van der Waals surface area contributed by atoms with Crippen LogP contribution in [0.4, 0.5) is 5.69 Å². The van der Waals surface area contributed by atoms with E-state index in [4.69, 9.17) is 0 Å². The first-order valence-corrected chi connectivity index (χ1v) is 11.6. The van der Waals surface area contributed by atoms with Gasteiger partial charge in [0.05, 0.1) is 16.3 Å². The fourth-order valence-electron chi connectivity index (χ4n) is 4.46. The van der Waals surface area contributed by atoms with Gasteiger partial charge in [-0.3, -0.25) is 4.79 Å². The Morgan fingerprint density at radius 2 is 1.85 bits per heavy atom. The van der Waals surface area contributed by atoms with Gasteiger partial charge in [0.15, 0.2) is 0 Å². The maximum atomic E-state index is 12.8. The number of likely N-dealkylation sites (N-methyl/N-ethyl adjacent to an activating group) is 1. The smallest absolute Gasteiger partial charge is 0.281 e. The van der Waals surface area contributed by atoms with E-state index in [0.717, 1.165) is 27.3 Å². The van der Waals surface area contributed by atoms with E-state index in [1.165, 1.54) is 22.6 Å². The molecule has 2 aromatic heterocycles. The van der Waals surface area contributed by atoms with Crippen molar-refractivity contribution in [1.82, 2.24) is 15.2 Å². The van der Waals surface area contributed by atoms with Crippen LogP contribution in [0.25, 0.3) is 15.9 Å². The van der Waals surface area contributed by atoms with Gasteiger partial charge >= 0.3 is 0 Å². The number of amides is 1. The predicted molar refractivity (Wildman–Crippen MR) is 136 cm³/mol. The number of benzene rings is 2. The topological polar surface area (TPSA) is 62.5 Å². The molecule has 4 aromatic rings. The second-order valence-corrected chi connectivity index (χ2v) is 9.67. The van der Waals surface area contributed by atoms with Crippen molar-refractivity contribution in [3.05, 3.63) is 88.6 Å². The molecule has 0 atom stereocenters. The van der Waals surface area contributed by atoms with E-state index in [1.807, 2.05) is 60.1 Å². The molecule has 166 valence electrons. The first-order valence-electron chi connectivity index (χ1n) is 10.8. The van der Waals surface area contributed by atoms with Crippen molar-refractivity contribution in [3.8, 4) is 5.69 Å². The molecule has 0 saturated carbocycles. The van der Waals surface area contributed by atoms with Crippen molar-refractivity contribution in [2.45, 2.75) is 26.2 Å². The number of allylic oxidation sites excluding steroid dienone is 2. The molecule has 0 radical (unpaired) electrons. The van der Waals surface area contributed by atoms with E-state index < -0.39 is 0 Å². The lowest BCUT2D eigenvalue weighted by Gasteiger charge is -2.23. The molecule has 6 nitrogen and oxygen atoms in total. The van der Waals surface area contributed by atoms with Gasteiger partial charge in [0.1, 0.15) is 4.83 Å². The second-order valence-electron chi connectivity index (χ2n) is 8.63. The molecule has 0 unspecified atom stereocenters. The molecule has 5 rings (SSSR count). The Kier molecular flexibility index (Phi) is 5.13. The summed E-state index contributed by atoms with van der Waals surface area (Å²) >= 11 is 1.41. The van der Waals surface area contributed by atoms with Crippen molar-refractivity contribution in [2.24, 2.45) is 5.10 Å². The average Bonchev–Trinajstić information content (AvgIpc) is 3.44. The molecule has 0 saturated heterocycles. The number of para-hydroxylation sites is 2. The number of hydrogen-bond donors (Lipinski definition) is 1. The molecule has 1 amide bonds. The highest BCUT2D eigenvalue weighted by atomic mass is 32.1. The minimum absolute atomic E-state index is 0.131. The SMILES string of the molecule is Cc1nn(-c2ccccc2)c2sc(C(=O)NN=CC=C3N(C)c4ccccc4C3(C)C)cc12. The number of fused-ring (bicyclic) bond motifs is 2. The molecule has 0 bridgehead atoms. The first-order chi connectivity index (χ1) is 15.9. The van der Waals surface area contributed by atoms with Gasteiger partial charge in [-0.05, 0) is 42.8 Å². The Balaban J connectivity index is 1.35. The Labute approximate surface area is 196 Å². The van der Waals surface area contributed by atoms with E-state index in [2.05, 4.69) is 59.6 Å². The Morgan fingerprint density at radius 3 is 2.61 bits per heavy atom. The highest BCUT2D eigenvalue weighted by Gasteiger charge is 2.37. The van der Waals surface area contributed by atoms with E-state index in [9.17, 15) is 4.79 Å². The van der Waals surface area contributed by atoms with Crippen molar-refractivity contribution >= 4 is 39.4 Å². The molecular formula is C26H25N5OS. The highest BCUT2D eigenvalue weighted by molar-refractivity contribution is 7.20. The number of aromatic nitrogens is 2. The van der Waals surface area contributed by atoms with Crippen LogP contribution >= 0.6 is 11.3 Å². The quantitative estimate of drug-likeness (QED) is 0.330. The van der Waals surface area contributed by atoms with Crippen LogP contribution < -0.4 is 10.3 Å². The number of thiophene rings is 1. The molecule has 0 fully saturated rings. The van der Waals surface area contributed by atoms with E-state index in [0.29, 0.717) is 4.88 Å². The number of hydrogen-bond acceptors (Lipinski definition) is 5. The van der Waals surface area contributed by atoms with E-state index in [1.54, 1.807) is 6.21 Å². The van der Waals surface area contributed by atoms with Gasteiger partial charge in [-0.2, -0.15) is 10.2 Å². The van der Waals surface area contributed by atoms with Gasteiger partial charge < -0.3 is 4.90 Å². The largest absolute Gasteiger partial charge is 0.347 e. The van der Waals surface area contributed by atoms with Crippen molar-refractivity contribution < 1.29 is 4.79 Å². The van der Waals surface area contributed by atoms with Crippen molar-refractivity contribution in [1.29, 1.82) is 0 Å². The lowest BCUT2D eigenvalue weighted by Crippen LogP contribution is -2.23. The third-order valence-corrected chi connectivity index (χ3v) is 7.29. The number of carbonyl (C=O) groups is 1. The minimum Gasteiger partial charge on any atom is -0.347 e. The Morgan fingerprint density at radius 1 is 1.12 bits per heavy atom. The fraction of sp³-hybridized carbons (Fsp3) is 0.192. The molecule has 1 N–H and O–H groups in total. The van der Waals surface area contributed by atoms with Gasteiger partial charge in [0.25, 0.3) is 5.91 Å². The summed E-state index contributed by atoms with van der Waals surface area (Å²) in [5.74, 6) is -0.229. The lowest BCUT2D eigenvalue weighted by molar-refractivity contribution is 0.0959. The predicted octanol–water partition coefficient (Wildman–Crippen LogP) is 5.42. The number of anilines is 1. The summed E-state index contributed by atoms with van der Waals surface area (Å²) < 4.78 is 1.88. The molecule has 2 aromatic carbocycles. The number of nitrogens with zero attached hydrogens (tertiary/aromatic N) is 4. The number of nitrogens with one attached hydrogen (secondary N) is 1. The zero-order valence-corrected chi connectivity index (χ0v) is 19.9. The number of rotatable bonds is 4. The normalized spacial score (nSPS) is 16.1. The zero-order valence-electron chi connectivity index (χ0n) is 19.0. The summed E-state index contributed by atoms with van der Waals surface area (Å²) in [7, 11) is 2.06. The van der Waals surface area contributed by atoms with Crippen LogP contribution in [0.1, 0.15) is 34.8 Å². The summed E-state index contributed by atoms with van der Waals surface area (Å²) in [5.41, 5.74) is 8.00. The molecule has 0 spiro atoms. The average molecular weight is 456 g/mol. The molecule has 1 aliphatic heterocycles. The summed E-state index contributed by atoms with van der Waals surface area (Å²) in [6, 6.07) is 20.2. The molecule has 7 heteroatoms. The molecule has 33 heavy (non-hydrogen) atoms. The van der Waals surface area contributed by atoms with Crippen molar-refractivity contribution in [2.75, 3.05) is 11.9 Å². The van der Waals surface area contributed by atoms with Gasteiger partial charge in [-0.25, -0.2) is 10.1 Å². The lowest BCUT2D eigenvalue weighted by atomic mass is 9.84. The molecular weight excluding hydrogens is 430 g/mol. The molecule has 3 heterocycles. The molecule has 1 aliphatic rings. The maximum absolute atomic E-state index is 12.8. The third kappa shape index (κ3) is 3.54. The zero-order chi connectivity index (χ0) is 23.2. The number of carbonyl (C=O) groups excluding carboxylic acids is 1. The maximum Gasteiger partial charge on any atom is 0.281 e. The minimum atomic E-state index is -0.229. The first kappa shape index (κ1) is 21.2. The van der Waals surface area contributed by atoms with E-state index >= 15 is 0 Å².